The minimum atomic E-state index is -0.00132. The fourth-order valence-electron chi connectivity index (χ4n) is 2.52. The summed E-state index contributed by atoms with van der Waals surface area (Å²) in [5.74, 6) is 1.27. The molecule has 0 aliphatic carbocycles. The van der Waals surface area contributed by atoms with Crippen LogP contribution in [0.15, 0.2) is 29.4 Å². The number of benzene rings is 1. The van der Waals surface area contributed by atoms with Gasteiger partial charge in [-0.05, 0) is 31.2 Å². The van der Waals surface area contributed by atoms with Gasteiger partial charge in [-0.3, -0.25) is 9.36 Å². The molecular weight excluding hydrogens is 328 g/mol. The van der Waals surface area contributed by atoms with Gasteiger partial charge < -0.3 is 14.7 Å². The van der Waals surface area contributed by atoms with E-state index in [1.165, 1.54) is 23.9 Å². The maximum Gasteiger partial charge on any atom is 0.228 e. The highest BCUT2D eigenvalue weighted by Gasteiger charge is 2.20. The Morgan fingerprint density at radius 2 is 1.96 bits per heavy atom. The second-order valence-corrected chi connectivity index (χ2v) is 6.33. The number of anilines is 1. The molecule has 0 amide bonds. The Balaban J connectivity index is 1.67. The first kappa shape index (κ1) is 16.8. The van der Waals surface area contributed by atoms with Gasteiger partial charge in [0, 0.05) is 25.2 Å². The van der Waals surface area contributed by atoms with Crippen LogP contribution in [0.4, 0.5) is 5.95 Å². The number of hydrogen-bond acceptors (Lipinski definition) is 7. The highest BCUT2D eigenvalue weighted by Crippen LogP contribution is 2.23. The second-order valence-electron chi connectivity index (χ2n) is 5.38. The van der Waals surface area contributed by atoms with E-state index >= 15 is 0 Å². The SMILES string of the molecule is CCn1c(SCC(=O)c2ccc(O)cc2)nnc1N1CCOCC1. The number of carbonyl (C=O) groups excluding carboxylic acids is 1. The van der Waals surface area contributed by atoms with Crippen molar-refractivity contribution in [3.63, 3.8) is 0 Å². The lowest BCUT2D eigenvalue weighted by atomic mass is 10.1. The lowest BCUT2D eigenvalue weighted by Gasteiger charge is -2.27. The van der Waals surface area contributed by atoms with Crippen molar-refractivity contribution in [2.45, 2.75) is 18.6 Å². The first-order valence-electron chi connectivity index (χ1n) is 7.90. The molecule has 1 aliphatic heterocycles. The lowest BCUT2D eigenvalue weighted by molar-refractivity contribution is 0.102. The van der Waals surface area contributed by atoms with Crippen molar-refractivity contribution in [3.8, 4) is 5.75 Å². The topological polar surface area (TPSA) is 80.5 Å². The Morgan fingerprint density at radius 3 is 2.62 bits per heavy atom. The molecular formula is C16H20N4O3S. The lowest BCUT2D eigenvalue weighted by Crippen LogP contribution is -2.38. The normalized spacial score (nSPS) is 14.8. The number of phenolic OH excluding ortho intramolecular Hbond substituents is 1. The molecule has 2 aromatic rings. The van der Waals surface area contributed by atoms with E-state index in [0.717, 1.165) is 30.7 Å². The molecule has 0 saturated carbocycles. The number of ether oxygens (including phenoxy) is 1. The third kappa shape index (κ3) is 3.70. The minimum Gasteiger partial charge on any atom is -0.508 e. The zero-order valence-electron chi connectivity index (χ0n) is 13.5. The van der Waals surface area contributed by atoms with Gasteiger partial charge in [0.25, 0.3) is 0 Å². The zero-order valence-corrected chi connectivity index (χ0v) is 14.3. The third-order valence-electron chi connectivity index (χ3n) is 3.83. The third-order valence-corrected chi connectivity index (χ3v) is 4.80. The van der Waals surface area contributed by atoms with Gasteiger partial charge in [-0.25, -0.2) is 0 Å². The van der Waals surface area contributed by atoms with Crippen LogP contribution < -0.4 is 4.90 Å². The second kappa shape index (κ2) is 7.67. The van der Waals surface area contributed by atoms with Crippen LogP contribution in [0, 0.1) is 0 Å². The summed E-state index contributed by atoms with van der Waals surface area (Å²) in [6.45, 7) is 5.77. The van der Waals surface area contributed by atoms with Crippen LogP contribution in [0.2, 0.25) is 0 Å². The van der Waals surface area contributed by atoms with Gasteiger partial charge in [0.1, 0.15) is 5.75 Å². The number of carbonyl (C=O) groups is 1. The minimum absolute atomic E-state index is 0.00132. The van der Waals surface area contributed by atoms with Crippen LogP contribution in [0.25, 0.3) is 0 Å². The molecule has 24 heavy (non-hydrogen) atoms. The fraction of sp³-hybridized carbons (Fsp3) is 0.438. The Hall–Kier alpha value is -2.06. The number of aromatic nitrogens is 3. The quantitative estimate of drug-likeness (QED) is 0.630. The molecule has 8 heteroatoms. The van der Waals surface area contributed by atoms with Gasteiger partial charge >= 0.3 is 0 Å². The summed E-state index contributed by atoms with van der Waals surface area (Å²) in [6, 6.07) is 6.29. The number of aromatic hydroxyl groups is 1. The van der Waals surface area contributed by atoms with Crippen molar-refractivity contribution in [2.24, 2.45) is 0 Å². The maximum atomic E-state index is 12.3. The van der Waals surface area contributed by atoms with E-state index in [-0.39, 0.29) is 17.3 Å². The summed E-state index contributed by atoms with van der Waals surface area (Å²) in [7, 11) is 0. The van der Waals surface area contributed by atoms with E-state index in [9.17, 15) is 9.90 Å². The van der Waals surface area contributed by atoms with E-state index < -0.39 is 0 Å². The van der Waals surface area contributed by atoms with E-state index in [1.54, 1.807) is 12.1 Å². The average Bonchev–Trinajstić information content (AvgIpc) is 3.04. The first-order valence-corrected chi connectivity index (χ1v) is 8.88. The van der Waals surface area contributed by atoms with Gasteiger partial charge in [0.2, 0.25) is 5.95 Å². The van der Waals surface area contributed by atoms with Crippen LogP contribution in [0.3, 0.4) is 0 Å². The molecule has 0 radical (unpaired) electrons. The van der Waals surface area contributed by atoms with Gasteiger partial charge in [0.15, 0.2) is 10.9 Å². The summed E-state index contributed by atoms with van der Waals surface area (Å²) >= 11 is 1.38. The van der Waals surface area contributed by atoms with Crippen LogP contribution >= 0.6 is 11.8 Å². The van der Waals surface area contributed by atoms with Crippen LogP contribution in [0.5, 0.6) is 5.75 Å². The number of hydrogen-bond donors (Lipinski definition) is 1. The van der Waals surface area contributed by atoms with E-state index in [1.807, 2.05) is 11.5 Å². The van der Waals surface area contributed by atoms with Crippen molar-refractivity contribution in [3.05, 3.63) is 29.8 Å². The average molecular weight is 348 g/mol. The number of ketones is 1. The predicted molar refractivity (Wildman–Crippen MR) is 91.9 cm³/mol. The molecule has 0 atom stereocenters. The largest absolute Gasteiger partial charge is 0.508 e. The zero-order chi connectivity index (χ0) is 16.9. The molecule has 1 fully saturated rings. The van der Waals surface area contributed by atoms with E-state index in [4.69, 9.17) is 4.74 Å². The highest BCUT2D eigenvalue weighted by molar-refractivity contribution is 7.99. The summed E-state index contributed by atoms with van der Waals surface area (Å²) in [5, 5.41) is 18.6. The monoisotopic (exact) mass is 348 g/mol. The molecule has 0 spiro atoms. The maximum absolute atomic E-state index is 12.3. The van der Waals surface area contributed by atoms with E-state index in [0.29, 0.717) is 18.8 Å². The Kier molecular flexibility index (Phi) is 5.37. The molecule has 0 unspecified atom stereocenters. The standard InChI is InChI=1S/C16H20N4O3S/c1-2-20-15(19-7-9-23-10-8-19)17-18-16(20)24-11-14(22)12-3-5-13(21)6-4-12/h3-6,21H,2,7-11H2,1H3. The van der Waals surface area contributed by atoms with Crippen molar-refractivity contribution in [1.82, 2.24) is 14.8 Å². The molecule has 2 heterocycles. The Labute approximate surface area is 144 Å². The number of nitrogens with zero attached hydrogens (tertiary/aromatic N) is 4. The first-order chi connectivity index (χ1) is 11.7. The molecule has 1 saturated heterocycles. The number of phenols is 1. The van der Waals surface area contributed by atoms with Crippen molar-refractivity contribution < 1.29 is 14.6 Å². The summed E-state index contributed by atoms with van der Waals surface area (Å²) in [6.07, 6.45) is 0. The van der Waals surface area contributed by atoms with Crippen molar-refractivity contribution >= 4 is 23.5 Å². The summed E-state index contributed by atoms with van der Waals surface area (Å²) in [4.78, 5) is 14.4. The van der Waals surface area contributed by atoms with Crippen LogP contribution in [-0.2, 0) is 11.3 Å². The number of thioether (sulfide) groups is 1. The smallest absolute Gasteiger partial charge is 0.228 e. The van der Waals surface area contributed by atoms with Crippen molar-refractivity contribution in [1.29, 1.82) is 0 Å². The van der Waals surface area contributed by atoms with Gasteiger partial charge in [-0.1, -0.05) is 11.8 Å². The van der Waals surface area contributed by atoms with Gasteiger partial charge in [-0.15, -0.1) is 10.2 Å². The molecule has 3 rings (SSSR count). The molecule has 1 aromatic carbocycles. The Morgan fingerprint density at radius 1 is 1.25 bits per heavy atom. The number of rotatable bonds is 6. The highest BCUT2D eigenvalue weighted by atomic mass is 32.2. The molecule has 128 valence electrons. The summed E-state index contributed by atoms with van der Waals surface area (Å²) < 4.78 is 7.40. The Bertz CT molecular complexity index is 696. The number of morpholine rings is 1. The predicted octanol–water partition coefficient (Wildman–Crippen LogP) is 1.82. The van der Waals surface area contributed by atoms with Crippen LogP contribution in [-0.4, -0.2) is 57.7 Å². The molecule has 7 nitrogen and oxygen atoms in total. The van der Waals surface area contributed by atoms with Crippen molar-refractivity contribution in [2.75, 3.05) is 37.0 Å². The summed E-state index contributed by atoms with van der Waals surface area (Å²) in [5.41, 5.74) is 0.580. The van der Waals surface area contributed by atoms with Crippen LogP contribution in [0.1, 0.15) is 17.3 Å². The van der Waals surface area contributed by atoms with Gasteiger partial charge in [0.05, 0.1) is 19.0 Å². The van der Waals surface area contributed by atoms with E-state index in [2.05, 4.69) is 15.1 Å². The molecule has 1 aromatic heterocycles. The molecule has 1 N–H and O–H groups in total. The fourth-order valence-corrected chi connectivity index (χ4v) is 3.41. The molecule has 0 bridgehead atoms. The van der Waals surface area contributed by atoms with Gasteiger partial charge in [-0.2, -0.15) is 0 Å². The number of Topliss-reactive ketones (excluding diaryl/α,β-unsaturated/α-hetero) is 1. The molecule has 1 aliphatic rings.